The van der Waals surface area contributed by atoms with Crippen molar-refractivity contribution in [3.63, 3.8) is 0 Å². The smallest absolute Gasteiger partial charge is 0.121 e. The summed E-state index contributed by atoms with van der Waals surface area (Å²) in [6, 6.07) is 4.82. The second-order valence-corrected chi connectivity index (χ2v) is 6.57. The van der Waals surface area contributed by atoms with E-state index in [0.29, 0.717) is 11.8 Å². The molecule has 0 aliphatic heterocycles. The molecule has 1 aromatic rings. The Balaban J connectivity index is 1.95. The monoisotopic (exact) mass is 261 g/mol. The summed E-state index contributed by atoms with van der Waals surface area (Å²) < 4.78 is 0. The molecular formula is C17H27NO. The second kappa shape index (κ2) is 5.96. The molecule has 2 rings (SSSR count). The van der Waals surface area contributed by atoms with Crippen LogP contribution in [0.15, 0.2) is 12.1 Å². The Morgan fingerprint density at radius 1 is 1.05 bits per heavy atom. The summed E-state index contributed by atoms with van der Waals surface area (Å²) in [4.78, 5) is 0. The minimum absolute atomic E-state index is 0.434. The van der Waals surface area contributed by atoms with E-state index in [9.17, 15) is 5.11 Å². The van der Waals surface area contributed by atoms with Crippen LogP contribution in [0.2, 0.25) is 0 Å². The molecule has 0 heterocycles. The van der Waals surface area contributed by atoms with Crippen LogP contribution in [0.25, 0.3) is 0 Å². The fraction of sp³-hybridized carbons (Fsp3) is 0.647. The van der Waals surface area contributed by atoms with Gasteiger partial charge in [0.25, 0.3) is 0 Å². The first kappa shape index (κ1) is 14.4. The molecule has 2 unspecified atom stereocenters. The summed E-state index contributed by atoms with van der Waals surface area (Å²) in [7, 11) is 0. The van der Waals surface area contributed by atoms with Crippen molar-refractivity contribution in [1.29, 1.82) is 0 Å². The maximum atomic E-state index is 9.80. The van der Waals surface area contributed by atoms with Crippen molar-refractivity contribution in [2.45, 2.75) is 59.5 Å². The first-order valence-corrected chi connectivity index (χ1v) is 7.48. The van der Waals surface area contributed by atoms with Crippen LogP contribution in [-0.4, -0.2) is 11.1 Å². The lowest BCUT2D eigenvalue weighted by atomic mass is 9.80. The topological polar surface area (TPSA) is 32.3 Å². The number of rotatable bonds is 3. The van der Waals surface area contributed by atoms with Gasteiger partial charge < -0.3 is 10.4 Å². The molecule has 1 aromatic carbocycles. The lowest BCUT2D eigenvalue weighted by Gasteiger charge is -2.32. The van der Waals surface area contributed by atoms with E-state index in [1.54, 1.807) is 0 Å². The predicted molar refractivity (Wildman–Crippen MR) is 80.4 cm³/mol. The molecule has 1 aliphatic rings. The van der Waals surface area contributed by atoms with E-state index in [-0.39, 0.29) is 0 Å². The van der Waals surface area contributed by atoms with Crippen LogP contribution in [-0.2, 0) is 6.54 Å². The van der Waals surface area contributed by atoms with Crippen LogP contribution in [0.1, 0.15) is 49.8 Å². The average molecular weight is 261 g/mol. The highest BCUT2D eigenvalue weighted by Gasteiger charge is 2.23. The molecule has 0 saturated heterocycles. The third-order valence-electron chi connectivity index (χ3n) is 4.32. The Bertz CT molecular complexity index is 408. The molecule has 0 bridgehead atoms. The van der Waals surface area contributed by atoms with Gasteiger partial charge in [-0.05, 0) is 61.6 Å². The van der Waals surface area contributed by atoms with E-state index < -0.39 is 0 Å². The second-order valence-electron chi connectivity index (χ2n) is 6.57. The molecular weight excluding hydrogens is 234 g/mol. The Hall–Kier alpha value is -1.02. The zero-order chi connectivity index (χ0) is 14.0. The Morgan fingerprint density at radius 3 is 2.11 bits per heavy atom. The third kappa shape index (κ3) is 3.73. The highest BCUT2D eigenvalue weighted by Crippen LogP contribution is 2.29. The highest BCUT2D eigenvalue weighted by atomic mass is 16.3. The lowest BCUT2D eigenvalue weighted by molar-refractivity contribution is 0.238. The quantitative estimate of drug-likeness (QED) is 0.864. The van der Waals surface area contributed by atoms with Crippen molar-refractivity contribution in [2.24, 2.45) is 11.8 Å². The number of aryl methyl sites for hydroxylation is 2. The van der Waals surface area contributed by atoms with Crippen molar-refractivity contribution in [3.05, 3.63) is 28.8 Å². The molecule has 2 atom stereocenters. The fourth-order valence-corrected chi connectivity index (χ4v) is 3.52. The van der Waals surface area contributed by atoms with E-state index in [1.165, 1.54) is 24.8 Å². The molecule has 2 nitrogen and oxygen atoms in total. The molecule has 1 aliphatic carbocycles. The van der Waals surface area contributed by atoms with Crippen molar-refractivity contribution in [2.75, 3.05) is 0 Å². The molecule has 0 aromatic heterocycles. The fourth-order valence-electron chi connectivity index (χ4n) is 3.52. The number of hydrogen-bond donors (Lipinski definition) is 2. The van der Waals surface area contributed by atoms with Crippen molar-refractivity contribution < 1.29 is 5.11 Å². The van der Waals surface area contributed by atoms with E-state index in [4.69, 9.17) is 0 Å². The number of phenolic OH excluding ortho intramolecular Hbond substituents is 1. The Morgan fingerprint density at radius 2 is 1.58 bits per heavy atom. The summed E-state index contributed by atoms with van der Waals surface area (Å²) in [6.07, 6.45) is 3.95. The van der Waals surface area contributed by atoms with Crippen LogP contribution in [0.4, 0.5) is 0 Å². The van der Waals surface area contributed by atoms with Gasteiger partial charge in [-0.25, -0.2) is 0 Å². The average Bonchev–Trinajstić information content (AvgIpc) is 2.32. The molecule has 0 radical (unpaired) electrons. The first-order valence-electron chi connectivity index (χ1n) is 7.48. The largest absolute Gasteiger partial charge is 0.507 e. The maximum Gasteiger partial charge on any atom is 0.121 e. The minimum atomic E-state index is 0.434. The summed E-state index contributed by atoms with van der Waals surface area (Å²) in [5, 5.41) is 13.5. The van der Waals surface area contributed by atoms with Gasteiger partial charge in [-0.2, -0.15) is 0 Å². The molecule has 19 heavy (non-hydrogen) atoms. The summed E-state index contributed by atoms with van der Waals surface area (Å²) in [5.74, 6) is 2.11. The lowest BCUT2D eigenvalue weighted by Crippen LogP contribution is -2.35. The number of nitrogens with one attached hydrogen (secondary N) is 1. The van der Waals surface area contributed by atoms with Gasteiger partial charge in [0, 0.05) is 12.6 Å². The van der Waals surface area contributed by atoms with Crippen LogP contribution in [0.5, 0.6) is 5.75 Å². The predicted octanol–water partition coefficient (Wildman–Crippen LogP) is 3.92. The van der Waals surface area contributed by atoms with Crippen molar-refractivity contribution >= 4 is 0 Å². The van der Waals surface area contributed by atoms with Gasteiger partial charge >= 0.3 is 0 Å². The molecule has 2 N–H and O–H groups in total. The van der Waals surface area contributed by atoms with Gasteiger partial charge in [-0.1, -0.05) is 26.0 Å². The SMILES string of the molecule is Cc1cc(CNC2CC(C)CC(C)C2)cc(C)c1O. The summed E-state index contributed by atoms with van der Waals surface area (Å²) in [5.41, 5.74) is 3.23. The van der Waals surface area contributed by atoms with Gasteiger partial charge in [-0.15, -0.1) is 0 Å². The summed E-state index contributed by atoms with van der Waals surface area (Å²) in [6.45, 7) is 9.57. The number of phenols is 1. The van der Waals surface area contributed by atoms with Gasteiger partial charge in [0.15, 0.2) is 0 Å². The molecule has 2 heteroatoms. The van der Waals surface area contributed by atoms with Gasteiger partial charge in [0.2, 0.25) is 0 Å². The van der Waals surface area contributed by atoms with E-state index >= 15 is 0 Å². The molecule has 106 valence electrons. The zero-order valence-corrected chi connectivity index (χ0v) is 12.7. The molecule has 0 spiro atoms. The van der Waals surface area contributed by atoms with Gasteiger partial charge in [-0.3, -0.25) is 0 Å². The Kier molecular flexibility index (Phi) is 4.51. The first-order chi connectivity index (χ1) is 8.95. The molecule has 1 fully saturated rings. The van der Waals surface area contributed by atoms with Crippen LogP contribution in [0, 0.1) is 25.7 Å². The van der Waals surface area contributed by atoms with Crippen molar-refractivity contribution in [1.82, 2.24) is 5.32 Å². The van der Waals surface area contributed by atoms with Crippen LogP contribution >= 0.6 is 0 Å². The number of hydrogen-bond acceptors (Lipinski definition) is 2. The normalized spacial score (nSPS) is 27.5. The van der Waals surface area contributed by atoms with E-state index in [2.05, 4.69) is 31.3 Å². The highest BCUT2D eigenvalue weighted by molar-refractivity contribution is 5.42. The van der Waals surface area contributed by atoms with Crippen molar-refractivity contribution in [3.8, 4) is 5.75 Å². The van der Waals surface area contributed by atoms with Crippen LogP contribution in [0.3, 0.4) is 0 Å². The van der Waals surface area contributed by atoms with Crippen LogP contribution < -0.4 is 5.32 Å². The van der Waals surface area contributed by atoms with Gasteiger partial charge in [0.05, 0.1) is 0 Å². The molecule has 0 amide bonds. The standard InChI is InChI=1S/C17H27NO/c1-11-5-12(2)7-16(6-11)18-10-15-8-13(3)17(19)14(4)9-15/h8-9,11-12,16,18-19H,5-7,10H2,1-4H3. The van der Waals surface area contributed by atoms with E-state index in [0.717, 1.165) is 29.5 Å². The minimum Gasteiger partial charge on any atom is -0.507 e. The van der Waals surface area contributed by atoms with Gasteiger partial charge in [0.1, 0.15) is 5.75 Å². The number of aromatic hydroxyl groups is 1. The number of benzene rings is 1. The summed E-state index contributed by atoms with van der Waals surface area (Å²) >= 11 is 0. The third-order valence-corrected chi connectivity index (χ3v) is 4.32. The maximum absolute atomic E-state index is 9.80. The van der Waals surface area contributed by atoms with E-state index in [1.807, 2.05) is 13.8 Å². The molecule has 1 saturated carbocycles. The zero-order valence-electron chi connectivity index (χ0n) is 12.7. The Labute approximate surface area is 117 Å².